The lowest BCUT2D eigenvalue weighted by Crippen LogP contribution is -2.45. The molecular formula is C18H26N4O2. The van der Waals surface area contributed by atoms with Crippen LogP contribution < -0.4 is 10.9 Å². The van der Waals surface area contributed by atoms with E-state index in [0.717, 1.165) is 31.5 Å². The molecule has 24 heavy (non-hydrogen) atoms. The molecule has 1 aliphatic heterocycles. The van der Waals surface area contributed by atoms with Gasteiger partial charge < -0.3 is 15.2 Å². The lowest BCUT2D eigenvalue weighted by Gasteiger charge is -2.32. The van der Waals surface area contributed by atoms with Gasteiger partial charge in [-0.15, -0.1) is 0 Å². The normalized spacial score (nSPS) is 21.2. The zero-order valence-electron chi connectivity index (χ0n) is 14.1. The number of piperidine rings is 1. The van der Waals surface area contributed by atoms with Crippen LogP contribution in [0.5, 0.6) is 0 Å². The molecule has 2 N–H and O–H groups in total. The molecule has 1 aromatic heterocycles. The van der Waals surface area contributed by atoms with Gasteiger partial charge >= 0.3 is 6.03 Å². The molecule has 0 radical (unpaired) electrons. The second-order valence-corrected chi connectivity index (χ2v) is 6.71. The number of aromatic amines is 1. The zero-order valence-corrected chi connectivity index (χ0v) is 14.1. The first kappa shape index (κ1) is 16.7. The number of aromatic nitrogens is 2. The lowest BCUT2D eigenvalue weighted by molar-refractivity contribution is 0.179. The minimum atomic E-state index is -0.137. The predicted molar refractivity (Wildman–Crippen MR) is 93.0 cm³/mol. The fraction of sp³-hybridized carbons (Fsp3) is 0.611. The number of carbonyl (C=O) groups is 1. The number of hydrogen-bond acceptors (Lipinski definition) is 3. The fourth-order valence-corrected chi connectivity index (χ4v) is 3.58. The van der Waals surface area contributed by atoms with Crippen LogP contribution in [0.1, 0.15) is 56.6 Å². The quantitative estimate of drug-likeness (QED) is 0.833. The number of nitrogens with zero attached hydrogens (tertiary/aromatic N) is 2. The van der Waals surface area contributed by atoms with Crippen LogP contribution in [-0.2, 0) is 0 Å². The molecule has 2 amide bonds. The van der Waals surface area contributed by atoms with Crippen molar-refractivity contribution in [2.75, 3.05) is 19.6 Å². The van der Waals surface area contributed by atoms with Crippen molar-refractivity contribution in [1.82, 2.24) is 20.2 Å². The minimum Gasteiger partial charge on any atom is -0.338 e. The Labute approximate surface area is 142 Å². The SMILES string of the molecule is O=C(NCCC1=CCCCC1)N1CCC[C@@H](c2cc(=O)[nH]cn2)C1. The van der Waals surface area contributed by atoms with Crippen LogP contribution in [0.15, 0.2) is 28.8 Å². The summed E-state index contributed by atoms with van der Waals surface area (Å²) in [5.74, 6) is 0.146. The third-order valence-corrected chi connectivity index (χ3v) is 4.93. The molecular weight excluding hydrogens is 304 g/mol. The van der Waals surface area contributed by atoms with Crippen molar-refractivity contribution in [3.63, 3.8) is 0 Å². The molecule has 1 atom stereocenters. The van der Waals surface area contributed by atoms with Crippen LogP contribution in [0.4, 0.5) is 4.79 Å². The number of likely N-dealkylation sites (tertiary alicyclic amines) is 1. The Morgan fingerprint density at radius 1 is 1.38 bits per heavy atom. The molecule has 0 saturated carbocycles. The van der Waals surface area contributed by atoms with Crippen molar-refractivity contribution < 1.29 is 4.79 Å². The van der Waals surface area contributed by atoms with E-state index in [0.29, 0.717) is 13.1 Å². The number of urea groups is 1. The maximum atomic E-state index is 12.4. The maximum Gasteiger partial charge on any atom is 0.317 e. The Morgan fingerprint density at radius 3 is 3.08 bits per heavy atom. The molecule has 2 aliphatic rings. The highest BCUT2D eigenvalue weighted by Gasteiger charge is 2.25. The highest BCUT2D eigenvalue weighted by atomic mass is 16.2. The maximum absolute atomic E-state index is 12.4. The fourth-order valence-electron chi connectivity index (χ4n) is 3.58. The molecule has 0 bridgehead atoms. The zero-order chi connectivity index (χ0) is 16.8. The molecule has 0 unspecified atom stereocenters. The average Bonchev–Trinajstić information content (AvgIpc) is 2.63. The molecule has 1 aliphatic carbocycles. The van der Waals surface area contributed by atoms with Gasteiger partial charge in [-0.25, -0.2) is 9.78 Å². The summed E-state index contributed by atoms with van der Waals surface area (Å²) in [6.07, 6.45) is 11.6. The lowest BCUT2D eigenvalue weighted by atomic mass is 9.95. The average molecular weight is 330 g/mol. The van der Waals surface area contributed by atoms with Crippen LogP contribution in [0.3, 0.4) is 0 Å². The van der Waals surface area contributed by atoms with Crippen LogP contribution in [0, 0.1) is 0 Å². The van der Waals surface area contributed by atoms with E-state index in [9.17, 15) is 9.59 Å². The van der Waals surface area contributed by atoms with Crippen LogP contribution in [-0.4, -0.2) is 40.5 Å². The van der Waals surface area contributed by atoms with Gasteiger partial charge in [0.1, 0.15) is 0 Å². The Bertz CT molecular complexity index is 652. The smallest absolute Gasteiger partial charge is 0.317 e. The van der Waals surface area contributed by atoms with Crippen molar-refractivity contribution in [2.45, 2.75) is 50.9 Å². The molecule has 2 heterocycles. The summed E-state index contributed by atoms with van der Waals surface area (Å²) in [4.78, 5) is 32.5. The van der Waals surface area contributed by atoms with Crippen molar-refractivity contribution >= 4 is 6.03 Å². The predicted octanol–water partition coefficient (Wildman–Crippen LogP) is 2.55. The molecule has 130 valence electrons. The second-order valence-electron chi connectivity index (χ2n) is 6.71. The van der Waals surface area contributed by atoms with E-state index in [-0.39, 0.29) is 17.5 Å². The molecule has 6 heteroatoms. The van der Waals surface area contributed by atoms with Crippen molar-refractivity contribution in [3.8, 4) is 0 Å². The Kier molecular flexibility index (Phi) is 5.67. The largest absolute Gasteiger partial charge is 0.338 e. The Morgan fingerprint density at radius 2 is 2.29 bits per heavy atom. The number of carbonyl (C=O) groups excluding carboxylic acids is 1. The van der Waals surface area contributed by atoms with Gasteiger partial charge in [-0.2, -0.15) is 0 Å². The summed E-state index contributed by atoms with van der Waals surface area (Å²) in [5, 5.41) is 3.04. The van der Waals surface area contributed by atoms with Gasteiger partial charge in [0.2, 0.25) is 0 Å². The van der Waals surface area contributed by atoms with Crippen LogP contribution in [0.2, 0.25) is 0 Å². The number of rotatable bonds is 4. The molecule has 1 saturated heterocycles. The van der Waals surface area contributed by atoms with Crippen LogP contribution in [0.25, 0.3) is 0 Å². The number of allylic oxidation sites excluding steroid dienone is 1. The highest BCUT2D eigenvalue weighted by molar-refractivity contribution is 5.74. The highest BCUT2D eigenvalue weighted by Crippen LogP contribution is 2.24. The van der Waals surface area contributed by atoms with Gasteiger partial charge in [0.05, 0.1) is 12.0 Å². The molecule has 6 nitrogen and oxygen atoms in total. The van der Waals surface area contributed by atoms with Crippen molar-refractivity contribution in [1.29, 1.82) is 0 Å². The summed E-state index contributed by atoms with van der Waals surface area (Å²) in [7, 11) is 0. The molecule has 0 aromatic carbocycles. The molecule has 1 fully saturated rings. The van der Waals surface area contributed by atoms with Gasteiger partial charge in [-0.1, -0.05) is 11.6 Å². The monoisotopic (exact) mass is 330 g/mol. The topological polar surface area (TPSA) is 78.1 Å². The summed E-state index contributed by atoms with van der Waals surface area (Å²) >= 11 is 0. The number of amides is 2. The van der Waals surface area contributed by atoms with Gasteiger partial charge in [0.25, 0.3) is 5.56 Å². The molecule has 3 rings (SSSR count). The van der Waals surface area contributed by atoms with Crippen molar-refractivity contribution in [3.05, 3.63) is 40.1 Å². The number of hydrogen-bond donors (Lipinski definition) is 2. The van der Waals surface area contributed by atoms with Crippen LogP contribution >= 0.6 is 0 Å². The molecule has 1 aromatic rings. The van der Waals surface area contributed by atoms with E-state index in [1.54, 1.807) is 6.07 Å². The number of nitrogens with one attached hydrogen (secondary N) is 2. The van der Waals surface area contributed by atoms with E-state index in [1.807, 2.05) is 4.90 Å². The van der Waals surface area contributed by atoms with Gasteiger partial charge in [0.15, 0.2) is 0 Å². The molecule has 0 spiro atoms. The van der Waals surface area contributed by atoms with E-state index in [4.69, 9.17) is 0 Å². The summed E-state index contributed by atoms with van der Waals surface area (Å²) in [5.41, 5.74) is 2.12. The third-order valence-electron chi connectivity index (χ3n) is 4.93. The van der Waals surface area contributed by atoms with E-state index >= 15 is 0 Å². The summed E-state index contributed by atoms with van der Waals surface area (Å²) in [6, 6.07) is 1.54. The second kappa shape index (κ2) is 8.13. The minimum absolute atomic E-state index is 0.000880. The van der Waals surface area contributed by atoms with Gasteiger partial charge in [-0.05, 0) is 44.9 Å². The van der Waals surface area contributed by atoms with Crippen molar-refractivity contribution in [2.24, 2.45) is 0 Å². The van der Waals surface area contributed by atoms with Gasteiger partial charge in [-0.3, -0.25) is 4.79 Å². The number of H-pyrrole nitrogens is 1. The van der Waals surface area contributed by atoms with E-state index in [1.165, 1.54) is 37.6 Å². The van der Waals surface area contributed by atoms with Gasteiger partial charge in [0, 0.05) is 31.6 Å². The first-order valence-corrected chi connectivity index (χ1v) is 8.97. The summed E-state index contributed by atoms with van der Waals surface area (Å²) < 4.78 is 0. The van der Waals surface area contributed by atoms with E-state index < -0.39 is 0 Å². The summed E-state index contributed by atoms with van der Waals surface area (Å²) in [6.45, 7) is 2.11. The Balaban J connectivity index is 1.49. The van der Waals surface area contributed by atoms with E-state index in [2.05, 4.69) is 21.4 Å². The third kappa shape index (κ3) is 4.46. The first-order chi connectivity index (χ1) is 11.7. The standard InChI is InChI=1S/C18H26N4O2/c23-17-11-16(20-13-21-17)15-7-4-10-22(12-15)18(24)19-9-8-14-5-2-1-3-6-14/h5,11,13,15H,1-4,6-10,12H2,(H,19,24)(H,20,21,23)/t15-/m1/s1. The Hall–Kier alpha value is -2.11. The first-order valence-electron chi connectivity index (χ1n) is 8.97.